The summed E-state index contributed by atoms with van der Waals surface area (Å²) in [6.07, 6.45) is 4.93. The van der Waals surface area contributed by atoms with Gasteiger partial charge in [0.2, 0.25) is 15.9 Å². The average molecular weight is 464 g/mol. The zero-order chi connectivity index (χ0) is 22.4. The molecule has 1 amide bonds. The molecule has 31 heavy (non-hydrogen) atoms. The summed E-state index contributed by atoms with van der Waals surface area (Å²) >= 11 is 6.01. The fraction of sp³-hybridized carbons (Fsp3) is 0.435. The van der Waals surface area contributed by atoms with Crippen LogP contribution in [0.3, 0.4) is 0 Å². The highest BCUT2D eigenvalue weighted by Gasteiger charge is 2.29. The molecule has 1 aliphatic heterocycles. The Balaban J connectivity index is 1.60. The Hall–Kier alpha value is -2.09. The lowest BCUT2D eigenvalue weighted by Crippen LogP contribution is -2.47. The van der Waals surface area contributed by atoms with Crippen molar-refractivity contribution in [3.63, 3.8) is 0 Å². The molecule has 8 heteroatoms. The lowest BCUT2D eigenvalue weighted by atomic mass is 10.1. The van der Waals surface area contributed by atoms with Crippen molar-refractivity contribution in [1.82, 2.24) is 10.2 Å². The maximum Gasteiger partial charge on any atom is 0.243 e. The van der Waals surface area contributed by atoms with Crippen molar-refractivity contribution in [2.75, 3.05) is 23.7 Å². The van der Waals surface area contributed by atoms with Crippen LogP contribution in [0.1, 0.15) is 37.3 Å². The highest BCUT2D eigenvalue weighted by atomic mass is 35.5. The van der Waals surface area contributed by atoms with Crippen LogP contribution in [0, 0.1) is 0 Å². The molecule has 0 spiro atoms. The number of likely N-dealkylation sites (tertiary alicyclic amines) is 1. The summed E-state index contributed by atoms with van der Waals surface area (Å²) in [5.74, 6) is -0.372. The number of nitrogens with zero attached hydrogens (tertiary/aromatic N) is 2. The Morgan fingerprint density at radius 1 is 1.10 bits per heavy atom. The fourth-order valence-corrected chi connectivity index (χ4v) is 5.25. The van der Waals surface area contributed by atoms with Crippen LogP contribution in [-0.4, -0.2) is 44.6 Å². The van der Waals surface area contributed by atoms with Crippen LogP contribution < -0.4 is 9.62 Å². The lowest BCUT2D eigenvalue weighted by molar-refractivity contribution is -0.122. The molecule has 0 bridgehead atoms. The van der Waals surface area contributed by atoms with Crippen molar-refractivity contribution in [3.05, 3.63) is 64.7 Å². The van der Waals surface area contributed by atoms with Gasteiger partial charge in [0.25, 0.3) is 0 Å². The van der Waals surface area contributed by atoms with Gasteiger partial charge in [-0.3, -0.25) is 14.0 Å². The Kier molecular flexibility index (Phi) is 7.97. The number of hydrogen-bond acceptors (Lipinski definition) is 4. The van der Waals surface area contributed by atoms with E-state index in [0.29, 0.717) is 17.3 Å². The van der Waals surface area contributed by atoms with E-state index < -0.39 is 16.1 Å². The summed E-state index contributed by atoms with van der Waals surface area (Å²) in [4.78, 5) is 15.2. The van der Waals surface area contributed by atoms with Crippen LogP contribution in [0.2, 0.25) is 5.02 Å². The van der Waals surface area contributed by atoms with Crippen molar-refractivity contribution < 1.29 is 13.2 Å². The molecule has 6 nitrogen and oxygen atoms in total. The molecule has 0 aliphatic carbocycles. The number of rotatable bonds is 8. The second-order valence-corrected chi connectivity index (χ2v) is 10.4. The highest BCUT2D eigenvalue weighted by Crippen LogP contribution is 2.24. The van der Waals surface area contributed by atoms with Gasteiger partial charge in [0.15, 0.2) is 0 Å². The van der Waals surface area contributed by atoms with Gasteiger partial charge in [-0.25, -0.2) is 8.42 Å². The molecule has 1 heterocycles. The van der Waals surface area contributed by atoms with E-state index in [-0.39, 0.29) is 5.91 Å². The molecule has 0 saturated carbocycles. The monoisotopic (exact) mass is 463 g/mol. The van der Waals surface area contributed by atoms with Crippen LogP contribution in [0.5, 0.6) is 0 Å². The number of amides is 1. The average Bonchev–Trinajstić information content (AvgIpc) is 2.73. The van der Waals surface area contributed by atoms with Crippen LogP contribution in [-0.2, 0) is 27.9 Å². The first kappa shape index (κ1) is 23.6. The molecule has 0 unspecified atom stereocenters. The number of sulfonamides is 1. The van der Waals surface area contributed by atoms with Crippen molar-refractivity contribution in [2.45, 2.75) is 45.3 Å². The van der Waals surface area contributed by atoms with E-state index >= 15 is 0 Å². The summed E-state index contributed by atoms with van der Waals surface area (Å²) < 4.78 is 25.8. The predicted molar refractivity (Wildman–Crippen MR) is 126 cm³/mol. The normalized spacial score (nSPS) is 16.0. The van der Waals surface area contributed by atoms with E-state index in [0.717, 1.165) is 35.8 Å². The summed E-state index contributed by atoms with van der Waals surface area (Å²) in [7, 11) is -3.67. The van der Waals surface area contributed by atoms with Crippen molar-refractivity contribution in [1.29, 1.82) is 0 Å². The molecule has 0 aromatic heterocycles. The van der Waals surface area contributed by atoms with Gasteiger partial charge in [0, 0.05) is 18.1 Å². The molecule has 2 aromatic rings. The molecule has 168 valence electrons. The molecular weight excluding hydrogens is 434 g/mol. The second-order valence-electron chi connectivity index (χ2n) is 8.09. The largest absolute Gasteiger partial charge is 0.350 e. The first-order valence-electron chi connectivity index (χ1n) is 10.6. The number of benzene rings is 2. The Morgan fingerprint density at radius 2 is 1.74 bits per heavy atom. The zero-order valence-corrected chi connectivity index (χ0v) is 19.6. The second kappa shape index (κ2) is 10.5. The number of carbonyl (C=O) groups excluding carboxylic acids is 1. The van der Waals surface area contributed by atoms with Gasteiger partial charge in [-0.05, 0) is 62.2 Å². The van der Waals surface area contributed by atoms with Gasteiger partial charge in [-0.1, -0.05) is 48.4 Å². The number of piperidine rings is 1. The van der Waals surface area contributed by atoms with Crippen LogP contribution in [0.25, 0.3) is 0 Å². The maximum atomic E-state index is 12.7. The van der Waals surface area contributed by atoms with Crippen LogP contribution in [0.4, 0.5) is 5.69 Å². The molecule has 1 N–H and O–H groups in total. The molecule has 1 aliphatic rings. The van der Waals surface area contributed by atoms with Gasteiger partial charge in [-0.15, -0.1) is 0 Å². The van der Waals surface area contributed by atoms with Crippen molar-refractivity contribution >= 4 is 33.2 Å². The van der Waals surface area contributed by atoms with Gasteiger partial charge in [0.1, 0.15) is 6.04 Å². The van der Waals surface area contributed by atoms with Crippen LogP contribution in [0.15, 0.2) is 48.5 Å². The van der Waals surface area contributed by atoms with E-state index in [1.165, 1.54) is 30.9 Å². The predicted octanol–water partition coefficient (Wildman–Crippen LogP) is 3.80. The third-order valence-electron chi connectivity index (χ3n) is 5.50. The first-order chi connectivity index (χ1) is 14.7. The zero-order valence-electron chi connectivity index (χ0n) is 18.1. The maximum absolute atomic E-state index is 12.7. The van der Waals surface area contributed by atoms with E-state index in [9.17, 15) is 13.2 Å². The molecule has 0 radical (unpaired) electrons. The van der Waals surface area contributed by atoms with Gasteiger partial charge < -0.3 is 5.32 Å². The summed E-state index contributed by atoms with van der Waals surface area (Å²) in [6.45, 7) is 5.16. The number of carbonyl (C=O) groups is 1. The minimum absolute atomic E-state index is 0.334. The fourth-order valence-electron chi connectivity index (χ4n) is 3.90. The molecule has 3 rings (SSSR count). The van der Waals surface area contributed by atoms with E-state index in [2.05, 4.69) is 22.3 Å². The van der Waals surface area contributed by atoms with Crippen LogP contribution >= 0.6 is 11.6 Å². The third-order valence-corrected chi connectivity index (χ3v) is 6.97. The van der Waals surface area contributed by atoms with E-state index in [4.69, 9.17) is 11.6 Å². The molecular formula is C23H30ClN3O3S. The van der Waals surface area contributed by atoms with Crippen molar-refractivity contribution in [2.24, 2.45) is 0 Å². The van der Waals surface area contributed by atoms with Gasteiger partial charge >= 0.3 is 0 Å². The highest BCUT2D eigenvalue weighted by molar-refractivity contribution is 7.92. The van der Waals surface area contributed by atoms with Gasteiger partial charge in [0.05, 0.1) is 11.9 Å². The number of nitrogens with one attached hydrogen (secondary N) is 1. The standard InChI is InChI=1S/C23H30ClN3O3S/c1-18(27(31(2,29)30)22-8-6-7-21(24)15-22)23(28)25-16-19-9-11-20(12-10-19)17-26-13-4-3-5-14-26/h6-12,15,18H,3-5,13-14,16-17H2,1-2H3,(H,25,28)/t18-/m1/s1. The number of anilines is 1. The Bertz CT molecular complexity index is 989. The van der Waals surface area contributed by atoms with Crippen molar-refractivity contribution in [3.8, 4) is 0 Å². The number of hydrogen-bond donors (Lipinski definition) is 1. The molecule has 1 saturated heterocycles. The first-order valence-corrected chi connectivity index (χ1v) is 12.8. The molecule has 1 atom stereocenters. The SMILES string of the molecule is C[C@H](C(=O)NCc1ccc(CN2CCCCC2)cc1)N(c1cccc(Cl)c1)S(C)(=O)=O. The Labute approximate surface area is 190 Å². The smallest absolute Gasteiger partial charge is 0.243 e. The minimum Gasteiger partial charge on any atom is -0.350 e. The lowest BCUT2D eigenvalue weighted by Gasteiger charge is -2.28. The summed E-state index contributed by atoms with van der Waals surface area (Å²) in [6, 6.07) is 13.8. The quantitative estimate of drug-likeness (QED) is 0.646. The molecule has 1 fully saturated rings. The summed E-state index contributed by atoms with van der Waals surface area (Å²) in [5, 5.41) is 3.25. The molecule has 2 aromatic carbocycles. The summed E-state index contributed by atoms with van der Waals surface area (Å²) in [5.41, 5.74) is 2.59. The minimum atomic E-state index is -3.67. The van der Waals surface area contributed by atoms with Gasteiger partial charge in [-0.2, -0.15) is 0 Å². The Morgan fingerprint density at radius 3 is 2.35 bits per heavy atom. The number of halogens is 1. The van der Waals surface area contributed by atoms with E-state index in [1.807, 2.05) is 12.1 Å². The topological polar surface area (TPSA) is 69.7 Å². The van der Waals surface area contributed by atoms with E-state index in [1.54, 1.807) is 25.1 Å². The third kappa shape index (κ3) is 6.69.